The average Bonchev–Trinajstić information content (AvgIpc) is 1.88. The van der Waals surface area contributed by atoms with Gasteiger partial charge in [0.2, 0.25) is 0 Å². The van der Waals surface area contributed by atoms with Crippen LogP contribution in [0.25, 0.3) is 0 Å². The van der Waals surface area contributed by atoms with Gasteiger partial charge in [0.15, 0.2) is 0 Å². The lowest BCUT2D eigenvalue weighted by molar-refractivity contribution is 0.514. The summed E-state index contributed by atoms with van der Waals surface area (Å²) >= 11 is 0. The Morgan fingerprint density at radius 2 is 2.40 bits per heavy atom. The zero-order chi connectivity index (χ0) is 7.40. The topological polar surface area (TPSA) is 36.4 Å². The number of hydrogen-bond donors (Lipinski definition) is 2. The first-order valence-electron chi connectivity index (χ1n) is 3.49. The highest BCUT2D eigenvalue weighted by molar-refractivity contribution is 5.65. The minimum atomic E-state index is 0.199. The third-order valence-corrected chi connectivity index (χ3v) is 1.18. The number of nitrogens with one attached hydrogen (secondary N) is 2. The molecule has 56 valence electrons. The van der Waals surface area contributed by atoms with Crippen LogP contribution in [0.15, 0.2) is 17.4 Å². The van der Waals surface area contributed by atoms with Gasteiger partial charge in [-0.2, -0.15) is 0 Å². The lowest BCUT2D eigenvalue weighted by Crippen LogP contribution is -2.45. The predicted molar refractivity (Wildman–Crippen MR) is 42.8 cm³/mol. The Bertz CT molecular complexity index is 149. The molecule has 10 heavy (non-hydrogen) atoms. The Morgan fingerprint density at radius 3 is 2.90 bits per heavy atom. The number of nitrogens with zero attached hydrogens (tertiary/aromatic N) is 1. The second kappa shape index (κ2) is 3.37. The smallest absolute Gasteiger partial charge is 0.113 e. The molecule has 1 unspecified atom stereocenters. The Labute approximate surface area is 61.2 Å². The summed E-state index contributed by atoms with van der Waals surface area (Å²) < 4.78 is 0. The average molecular weight is 139 g/mol. The van der Waals surface area contributed by atoms with Crippen LogP contribution in [0.3, 0.4) is 0 Å². The molecule has 0 bridgehead atoms. The van der Waals surface area contributed by atoms with Crippen LogP contribution in [0.1, 0.15) is 13.8 Å². The number of rotatable bonds is 2. The molecule has 0 radical (unpaired) electrons. The molecule has 0 aromatic heterocycles. The lowest BCUT2D eigenvalue weighted by Gasteiger charge is -2.18. The predicted octanol–water partition coefficient (Wildman–Crippen LogP) is 0.456. The molecule has 0 fully saturated rings. The second-order valence-corrected chi connectivity index (χ2v) is 2.58. The van der Waals surface area contributed by atoms with Crippen LogP contribution in [0.2, 0.25) is 0 Å². The summed E-state index contributed by atoms with van der Waals surface area (Å²) in [5.41, 5.74) is 0. The summed E-state index contributed by atoms with van der Waals surface area (Å²) in [5.74, 6) is 0. The molecule has 1 aliphatic rings. The molecule has 3 nitrogen and oxygen atoms in total. The molecule has 1 rings (SSSR count). The van der Waals surface area contributed by atoms with Crippen LogP contribution in [0.4, 0.5) is 0 Å². The van der Waals surface area contributed by atoms with Gasteiger partial charge in [0.25, 0.3) is 0 Å². The zero-order valence-corrected chi connectivity index (χ0v) is 6.33. The molecule has 1 heterocycles. The maximum atomic E-state index is 3.98. The minimum Gasteiger partial charge on any atom is -0.370 e. The zero-order valence-electron chi connectivity index (χ0n) is 6.33. The third kappa shape index (κ3) is 2.19. The van der Waals surface area contributed by atoms with Gasteiger partial charge < -0.3 is 5.32 Å². The van der Waals surface area contributed by atoms with Crippen LogP contribution < -0.4 is 10.6 Å². The van der Waals surface area contributed by atoms with Crippen LogP contribution in [-0.4, -0.2) is 18.4 Å². The van der Waals surface area contributed by atoms with Gasteiger partial charge in [0, 0.05) is 24.7 Å². The normalized spacial score (nSPS) is 23.3. The lowest BCUT2D eigenvalue weighted by atomic mass is 10.3. The molecule has 0 saturated carbocycles. The summed E-state index contributed by atoms with van der Waals surface area (Å²) in [7, 11) is 0. The van der Waals surface area contributed by atoms with E-state index in [4.69, 9.17) is 0 Å². The van der Waals surface area contributed by atoms with Crippen molar-refractivity contribution in [2.24, 2.45) is 4.99 Å². The van der Waals surface area contributed by atoms with Crippen molar-refractivity contribution in [3.63, 3.8) is 0 Å². The number of hydrogen-bond acceptors (Lipinski definition) is 3. The van der Waals surface area contributed by atoms with E-state index in [1.807, 2.05) is 12.4 Å². The highest BCUT2D eigenvalue weighted by Crippen LogP contribution is 1.86. The van der Waals surface area contributed by atoms with E-state index in [2.05, 4.69) is 29.5 Å². The molecular weight excluding hydrogens is 126 g/mol. The molecule has 2 N–H and O–H groups in total. The summed E-state index contributed by atoms with van der Waals surface area (Å²) in [5, 5.41) is 6.38. The van der Waals surface area contributed by atoms with E-state index < -0.39 is 0 Å². The minimum absolute atomic E-state index is 0.199. The first-order chi connectivity index (χ1) is 4.79. The summed E-state index contributed by atoms with van der Waals surface area (Å²) in [6.07, 6.45) is 5.61. The van der Waals surface area contributed by atoms with Gasteiger partial charge >= 0.3 is 0 Å². The fraction of sp³-hybridized carbons (Fsp3) is 0.571. The van der Waals surface area contributed by atoms with Crippen molar-refractivity contribution in [2.45, 2.75) is 26.1 Å². The van der Waals surface area contributed by atoms with Crippen LogP contribution >= 0.6 is 0 Å². The van der Waals surface area contributed by atoms with Crippen molar-refractivity contribution < 1.29 is 0 Å². The van der Waals surface area contributed by atoms with Gasteiger partial charge in [-0.05, 0) is 13.8 Å². The number of aliphatic imine (C=N–C) groups is 1. The van der Waals surface area contributed by atoms with E-state index >= 15 is 0 Å². The molecular formula is C7H13N3. The van der Waals surface area contributed by atoms with E-state index in [1.54, 1.807) is 6.20 Å². The van der Waals surface area contributed by atoms with Crippen molar-refractivity contribution in [3.05, 3.63) is 12.4 Å². The highest BCUT2D eigenvalue weighted by Gasteiger charge is 2.04. The second-order valence-electron chi connectivity index (χ2n) is 2.58. The largest absolute Gasteiger partial charge is 0.370 e. The van der Waals surface area contributed by atoms with E-state index in [0.29, 0.717) is 6.04 Å². The van der Waals surface area contributed by atoms with Crippen LogP contribution in [0.5, 0.6) is 0 Å². The van der Waals surface area contributed by atoms with Crippen molar-refractivity contribution >= 4 is 6.21 Å². The Hall–Kier alpha value is -0.830. The first kappa shape index (κ1) is 7.28. The molecule has 1 aliphatic heterocycles. The van der Waals surface area contributed by atoms with E-state index in [1.165, 1.54) is 0 Å². The van der Waals surface area contributed by atoms with Gasteiger partial charge in [-0.25, -0.2) is 0 Å². The Morgan fingerprint density at radius 1 is 1.60 bits per heavy atom. The van der Waals surface area contributed by atoms with Gasteiger partial charge in [0.1, 0.15) is 6.17 Å². The van der Waals surface area contributed by atoms with Gasteiger partial charge in [-0.3, -0.25) is 10.3 Å². The molecule has 0 aliphatic carbocycles. The highest BCUT2D eigenvalue weighted by atomic mass is 15.1. The fourth-order valence-corrected chi connectivity index (χ4v) is 0.819. The molecule has 0 saturated heterocycles. The monoisotopic (exact) mass is 139 g/mol. The van der Waals surface area contributed by atoms with Crippen molar-refractivity contribution in [1.29, 1.82) is 0 Å². The summed E-state index contributed by atoms with van der Waals surface area (Å²) in [6, 6.07) is 0.482. The Kier molecular flexibility index (Phi) is 2.45. The van der Waals surface area contributed by atoms with E-state index in [-0.39, 0.29) is 6.17 Å². The van der Waals surface area contributed by atoms with Gasteiger partial charge in [0.05, 0.1) is 0 Å². The van der Waals surface area contributed by atoms with Crippen molar-refractivity contribution in [3.8, 4) is 0 Å². The van der Waals surface area contributed by atoms with Crippen molar-refractivity contribution in [2.75, 3.05) is 0 Å². The first-order valence-corrected chi connectivity index (χ1v) is 3.49. The quantitative estimate of drug-likeness (QED) is 0.583. The van der Waals surface area contributed by atoms with Gasteiger partial charge in [-0.1, -0.05) is 0 Å². The fourth-order valence-electron chi connectivity index (χ4n) is 0.819. The van der Waals surface area contributed by atoms with Gasteiger partial charge in [-0.15, -0.1) is 0 Å². The van der Waals surface area contributed by atoms with Crippen LogP contribution in [0, 0.1) is 0 Å². The van der Waals surface area contributed by atoms with Crippen molar-refractivity contribution in [1.82, 2.24) is 10.6 Å². The maximum Gasteiger partial charge on any atom is 0.113 e. The molecule has 0 aromatic rings. The molecule has 0 amide bonds. The van der Waals surface area contributed by atoms with Crippen LogP contribution in [-0.2, 0) is 0 Å². The maximum absolute atomic E-state index is 3.98. The molecule has 0 aromatic carbocycles. The SMILES string of the molecule is CC(C)NC1C=NC=CN1. The van der Waals surface area contributed by atoms with E-state index in [9.17, 15) is 0 Å². The summed E-state index contributed by atoms with van der Waals surface area (Å²) in [6.45, 7) is 4.21. The standard InChI is InChI=1S/C7H13N3/c1-6(2)10-7-5-8-3-4-9-7/h3-7,9-10H,1-2H3. The molecule has 1 atom stereocenters. The molecule has 0 spiro atoms. The summed E-state index contributed by atoms with van der Waals surface area (Å²) in [4.78, 5) is 3.98. The third-order valence-electron chi connectivity index (χ3n) is 1.18. The van der Waals surface area contributed by atoms with E-state index in [0.717, 1.165) is 0 Å². The Balaban J connectivity index is 2.30. The molecule has 3 heteroatoms.